The molecule has 0 unspecified atom stereocenters. The summed E-state index contributed by atoms with van der Waals surface area (Å²) in [6, 6.07) is 12.8. The van der Waals surface area contributed by atoms with E-state index in [-0.39, 0.29) is 30.3 Å². The van der Waals surface area contributed by atoms with Gasteiger partial charge in [0.05, 0.1) is 12.6 Å². The third-order valence-corrected chi connectivity index (χ3v) is 5.12. The van der Waals surface area contributed by atoms with Crippen molar-refractivity contribution in [1.29, 1.82) is 0 Å². The minimum absolute atomic E-state index is 0.122. The molecule has 2 N–H and O–H groups in total. The summed E-state index contributed by atoms with van der Waals surface area (Å²) in [5.74, 6) is -0.506. The molecule has 0 radical (unpaired) electrons. The first-order valence-electron chi connectivity index (χ1n) is 9.49. The van der Waals surface area contributed by atoms with Gasteiger partial charge in [-0.15, -0.1) is 0 Å². The van der Waals surface area contributed by atoms with Gasteiger partial charge in [0, 0.05) is 36.9 Å². The minimum Gasteiger partial charge on any atom is -0.331 e. The van der Waals surface area contributed by atoms with Crippen LogP contribution in [0.4, 0.5) is 14.9 Å². The molecule has 29 heavy (non-hydrogen) atoms. The highest BCUT2D eigenvalue weighted by Gasteiger charge is 2.23. The number of hydrogen-bond donors (Lipinski definition) is 2. The molecule has 0 aliphatic carbocycles. The van der Waals surface area contributed by atoms with Crippen LogP contribution in [-0.4, -0.2) is 54.5 Å². The fraction of sp³-hybridized carbons (Fsp3) is 0.333. The largest absolute Gasteiger partial charge is 0.331 e. The van der Waals surface area contributed by atoms with Gasteiger partial charge in [0.1, 0.15) is 5.82 Å². The van der Waals surface area contributed by atoms with E-state index in [4.69, 9.17) is 11.6 Å². The molecule has 1 aliphatic rings. The van der Waals surface area contributed by atoms with E-state index in [1.165, 1.54) is 24.3 Å². The second-order valence-corrected chi connectivity index (χ2v) is 7.48. The van der Waals surface area contributed by atoms with Crippen molar-refractivity contribution in [3.05, 3.63) is 64.9 Å². The minimum atomic E-state index is -0.345. The van der Waals surface area contributed by atoms with Crippen molar-refractivity contribution < 1.29 is 14.0 Å². The van der Waals surface area contributed by atoms with Crippen LogP contribution < -0.4 is 10.6 Å². The number of carbonyl (C=O) groups excluding carboxylic acids is 2. The fourth-order valence-corrected chi connectivity index (χ4v) is 3.28. The zero-order valence-corrected chi connectivity index (χ0v) is 17.0. The Bertz CT molecular complexity index is 837. The molecule has 6 nitrogen and oxygen atoms in total. The Morgan fingerprint density at radius 2 is 1.66 bits per heavy atom. The van der Waals surface area contributed by atoms with Gasteiger partial charge in [-0.2, -0.15) is 0 Å². The molecule has 1 aliphatic heterocycles. The van der Waals surface area contributed by atoms with Gasteiger partial charge in [0.15, 0.2) is 0 Å². The van der Waals surface area contributed by atoms with Gasteiger partial charge >= 0.3 is 6.03 Å². The molecule has 1 heterocycles. The van der Waals surface area contributed by atoms with E-state index in [0.717, 1.165) is 5.56 Å². The van der Waals surface area contributed by atoms with Gasteiger partial charge in [0.25, 0.3) is 0 Å². The highest BCUT2D eigenvalue weighted by Crippen LogP contribution is 2.16. The summed E-state index contributed by atoms with van der Waals surface area (Å²) in [7, 11) is 0. The molecule has 0 saturated carbocycles. The van der Waals surface area contributed by atoms with Gasteiger partial charge < -0.3 is 15.5 Å². The third-order valence-electron chi connectivity index (χ3n) is 4.86. The maximum absolute atomic E-state index is 12.9. The molecule has 154 valence electrons. The number of urea groups is 1. The van der Waals surface area contributed by atoms with Gasteiger partial charge in [-0.3, -0.25) is 9.69 Å². The number of carbonyl (C=O) groups is 2. The molecule has 2 aromatic rings. The predicted octanol–water partition coefficient (Wildman–Crippen LogP) is 3.51. The number of anilines is 1. The monoisotopic (exact) mass is 418 g/mol. The Balaban J connectivity index is 1.42. The molecule has 0 aromatic heterocycles. The number of nitrogens with zero attached hydrogens (tertiary/aromatic N) is 2. The number of amides is 3. The molecule has 0 bridgehead atoms. The number of hydrogen-bond acceptors (Lipinski definition) is 3. The van der Waals surface area contributed by atoms with Crippen LogP contribution in [0.25, 0.3) is 0 Å². The van der Waals surface area contributed by atoms with Gasteiger partial charge in [-0.1, -0.05) is 23.7 Å². The van der Waals surface area contributed by atoms with Crippen LogP contribution in [0, 0.1) is 5.82 Å². The van der Waals surface area contributed by atoms with E-state index in [1.54, 1.807) is 17.0 Å². The molecular weight excluding hydrogens is 395 g/mol. The Morgan fingerprint density at radius 1 is 1.03 bits per heavy atom. The molecular formula is C21H24ClFN4O2. The van der Waals surface area contributed by atoms with Crippen molar-refractivity contribution in [2.24, 2.45) is 0 Å². The summed E-state index contributed by atoms with van der Waals surface area (Å²) >= 11 is 5.90. The van der Waals surface area contributed by atoms with E-state index in [0.29, 0.717) is 36.9 Å². The lowest BCUT2D eigenvalue weighted by Gasteiger charge is -2.35. The van der Waals surface area contributed by atoms with Crippen molar-refractivity contribution >= 4 is 29.2 Å². The molecule has 1 atom stereocenters. The highest BCUT2D eigenvalue weighted by atomic mass is 35.5. The number of rotatable bonds is 5. The summed E-state index contributed by atoms with van der Waals surface area (Å²) in [6.45, 7) is 4.47. The van der Waals surface area contributed by atoms with Crippen LogP contribution in [0.1, 0.15) is 18.5 Å². The van der Waals surface area contributed by atoms with Crippen LogP contribution in [0.15, 0.2) is 48.5 Å². The standard InChI is InChI=1S/C21H24ClFN4O2/c1-15(16-2-4-17(22)5-3-16)24-21(29)27-12-10-26(11-13-27)14-20(28)25-19-8-6-18(23)7-9-19/h2-9,15H,10-14H2,1H3,(H,24,29)(H,25,28)/t15-/m0/s1. The summed E-state index contributed by atoms with van der Waals surface area (Å²) < 4.78 is 12.9. The summed E-state index contributed by atoms with van der Waals surface area (Å²) in [6.07, 6.45) is 0. The SMILES string of the molecule is C[C@H](NC(=O)N1CCN(CC(=O)Nc2ccc(F)cc2)CC1)c1ccc(Cl)cc1. The normalized spacial score (nSPS) is 15.6. The molecule has 1 fully saturated rings. The van der Waals surface area contributed by atoms with E-state index in [1.807, 2.05) is 24.0 Å². The quantitative estimate of drug-likeness (QED) is 0.781. The molecule has 3 rings (SSSR count). The zero-order chi connectivity index (χ0) is 20.8. The number of halogens is 2. The first-order chi connectivity index (χ1) is 13.9. The van der Waals surface area contributed by atoms with Crippen LogP contribution in [0.2, 0.25) is 5.02 Å². The Morgan fingerprint density at radius 3 is 2.28 bits per heavy atom. The number of piperazine rings is 1. The second-order valence-electron chi connectivity index (χ2n) is 7.04. The Hall–Kier alpha value is -2.64. The first kappa shape index (κ1) is 21.1. The Labute approximate surface area is 174 Å². The fourth-order valence-electron chi connectivity index (χ4n) is 3.16. The topological polar surface area (TPSA) is 64.7 Å². The highest BCUT2D eigenvalue weighted by molar-refractivity contribution is 6.30. The maximum atomic E-state index is 12.9. The van der Waals surface area contributed by atoms with Crippen molar-refractivity contribution in [2.45, 2.75) is 13.0 Å². The van der Waals surface area contributed by atoms with Crippen LogP contribution in [-0.2, 0) is 4.79 Å². The summed E-state index contributed by atoms with van der Waals surface area (Å²) in [5, 5.41) is 6.40. The average Bonchev–Trinajstić information content (AvgIpc) is 2.70. The molecule has 3 amide bonds. The molecule has 2 aromatic carbocycles. The molecule has 0 spiro atoms. The third kappa shape index (κ3) is 6.17. The Kier molecular flexibility index (Phi) is 7.06. The lowest BCUT2D eigenvalue weighted by Crippen LogP contribution is -2.53. The van der Waals surface area contributed by atoms with Crippen LogP contribution in [0.3, 0.4) is 0 Å². The predicted molar refractivity (Wildman–Crippen MR) is 111 cm³/mol. The average molecular weight is 419 g/mol. The zero-order valence-electron chi connectivity index (χ0n) is 16.2. The lowest BCUT2D eigenvalue weighted by atomic mass is 10.1. The molecule has 1 saturated heterocycles. The van der Waals surface area contributed by atoms with E-state index in [2.05, 4.69) is 10.6 Å². The maximum Gasteiger partial charge on any atom is 0.317 e. The summed E-state index contributed by atoms with van der Waals surface area (Å²) in [4.78, 5) is 28.4. The first-order valence-corrected chi connectivity index (χ1v) is 9.87. The molecule has 8 heteroatoms. The van der Waals surface area contributed by atoms with Crippen LogP contribution >= 0.6 is 11.6 Å². The van der Waals surface area contributed by atoms with E-state index >= 15 is 0 Å². The van der Waals surface area contributed by atoms with Crippen molar-refractivity contribution in [3.8, 4) is 0 Å². The van der Waals surface area contributed by atoms with Crippen LogP contribution in [0.5, 0.6) is 0 Å². The number of benzene rings is 2. The summed E-state index contributed by atoms with van der Waals surface area (Å²) in [5.41, 5.74) is 1.55. The smallest absolute Gasteiger partial charge is 0.317 e. The van der Waals surface area contributed by atoms with Gasteiger partial charge in [0.2, 0.25) is 5.91 Å². The van der Waals surface area contributed by atoms with E-state index < -0.39 is 0 Å². The van der Waals surface area contributed by atoms with Crippen molar-refractivity contribution in [1.82, 2.24) is 15.1 Å². The number of nitrogens with one attached hydrogen (secondary N) is 2. The lowest BCUT2D eigenvalue weighted by molar-refractivity contribution is -0.117. The second kappa shape index (κ2) is 9.71. The van der Waals surface area contributed by atoms with Crippen molar-refractivity contribution in [2.75, 3.05) is 38.0 Å². The van der Waals surface area contributed by atoms with Gasteiger partial charge in [-0.05, 0) is 48.9 Å². The van der Waals surface area contributed by atoms with Gasteiger partial charge in [-0.25, -0.2) is 9.18 Å². The van der Waals surface area contributed by atoms with Crippen molar-refractivity contribution in [3.63, 3.8) is 0 Å². The van der Waals surface area contributed by atoms with E-state index in [9.17, 15) is 14.0 Å².